The average molecular weight is 426 g/mol. The molecule has 1 aliphatic heterocycles. The Labute approximate surface area is 178 Å². The SMILES string of the molecule is Cc1cccc(Cc2cc(C)nc(C3CCCN3S(=O)(=O)c3c(C)noc3C)c2)c1. The van der Waals surface area contributed by atoms with Crippen LogP contribution in [0.1, 0.15) is 58.4 Å². The van der Waals surface area contributed by atoms with Crippen molar-refractivity contribution in [2.45, 2.75) is 57.9 Å². The predicted molar refractivity (Wildman–Crippen MR) is 115 cm³/mol. The smallest absolute Gasteiger partial charge is 0.249 e. The van der Waals surface area contributed by atoms with Gasteiger partial charge in [-0.2, -0.15) is 4.31 Å². The third-order valence-corrected chi connectivity index (χ3v) is 7.76. The number of sulfonamides is 1. The Kier molecular flexibility index (Phi) is 5.51. The first kappa shape index (κ1) is 20.8. The summed E-state index contributed by atoms with van der Waals surface area (Å²) < 4.78 is 33.5. The Balaban J connectivity index is 1.68. The van der Waals surface area contributed by atoms with Crippen molar-refractivity contribution in [1.29, 1.82) is 0 Å². The lowest BCUT2D eigenvalue weighted by atomic mass is 10.0. The first-order valence-electron chi connectivity index (χ1n) is 10.2. The molecule has 1 aliphatic rings. The van der Waals surface area contributed by atoms with Crippen LogP contribution >= 0.6 is 0 Å². The quantitative estimate of drug-likeness (QED) is 0.605. The van der Waals surface area contributed by atoms with Crippen molar-refractivity contribution in [3.05, 3.63) is 75.9 Å². The topological polar surface area (TPSA) is 76.3 Å². The van der Waals surface area contributed by atoms with Crippen LogP contribution in [0.2, 0.25) is 0 Å². The third-order valence-electron chi connectivity index (χ3n) is 5.60. The fraction of sp³-hybridized carbons (Fsp3) is 0.391. The second kappa shape index (κ2) is 7.96. The van der Waals surface area contributed by atoms with E-state index in [1.165, 1.54) is 11.1 Å². The number of aromatic nitrogens is 2. The van der Waals surface area contributed by atoms with Crippen molar-refractivity contribution in [3.63, 3.8) is 0 Å². The van der Waals surface area contributed by atoms with Crippen LogP contribution in [-0.2, 0) is 16.4 Å². The molecule has 3 heterocycles. The van der Waals surface area contributed by atoms with Crippen LogP contribution in [0.4, 0.5) is 0 Å². The van der Waals surface area contributed by atoms with E-state index in [2.05, 4.69) is 48.5 Å². The number of rotatable bonds is 5. The Bertz CT molecular complexity index is 1160. The molecule has 0 radical (unpaired) electrons. The molecule has 158 valence electrons. The maximum absolute atomic E-state index is 13.4. The minimum absolute atomic E-state index is 0.182. The Morgan fingerprint density at radius 2 is 1.90 bits per heavy atom. The van der Waals surface area contributed by atoms with Gasteiger partial charge < -0.3 is 4.52 Å². The maximum Gasteiger partial charge on any atom is 0.249 e. The fourth-order valence-electron chi connectivity index (χ4n) is 4.38. The first-order valence-corrected chi connectivity index (χ1v) is 11.7. The molecule has 0 bridgehead atoms. The van der Waals surface area contributed by atoms with Crippen LogP contribution in [0.25, 0.3) is 0 Å². The van der Waals surface area contributed by atoms with E-state index in [0.29, 0.717) is 18.0 Å². The van der Waals surface area contributed by atoms with Gasteiger partial charge in [-0.25, -0.2) is 8.42 Å². The monoisotopic (exact) mass is 425 g/mol. The van der Waals surface area contributed by atoms with E-state index in [1.54, 1.807) is 18.2 Å². The summed E-state index contributed by atoms with van der Waals surface area (Å²) in [7, 11) is -3.71. The van der Waals surface area contributed by atoms with Gasteiger partial charge >= 0.3 is 0 Å². The molecule has 4 rings (SSSR count). The summed E-state index contributed by atoms with van der Waals surface area (Å²) in [6.07, 6.45) is 2.35. The highest BCUT2D eigenvalue weighted by atomic mass is 32.2. The molecule has 0 spiro atoms. The lowest BCUT2D eigenvalue weighted by Crippen LogP contribution is -2.32. The van der Waals surface area contributed by atoms with E-state index in [9.17, 15) is 8.42 Å². The molecule has 0 saturated carbocycles. The number of aryl methyl sites for hydroxylation is 4. The summed E-state index contributed by atoms with van der Waals surface area (Å²) in [4.78, 5) is 4.90. The van der Waals surface area contributed by atoms with Crippen LogP contribution in [0, 0.1) is 27.7 Å². The van der Waals surface area contributed by atoms with Gasteiger partial charge in [-0.1, -0.05) is 35.0 Å². The zero-order valence-corrected chi connectivity index (χ0v) is 18.7. The van der Waals surface area contributed by atoms with E-state index >= 15 is 0 Å². The van der Waals surface area contributed by atoms with Gasteiger partial charge in [0.1, 0.15) is 10.6 Å². The maximum atomic E-state index is 13.4. The van der Waals surface area contributed by atoms with Crippen molar-refractivity contribution in [2.24, 2.45) is 0 Å². The molecule has 1 aromatic carbocycles. The number of hydrogen-bond donors (Lipinski definition) is 0. The van der Waals surface area contributed by atoms with E-state index in [4.69, 9.17) is 9.51 Å². The van der Waals surface area contributed by atoms with E-state index < -0.39 is 10.0 Å². The molecule has 1 atom stereocenters. The Morgan fingerprint density at radius 3 is 2.60 bits per heavy atom. The number of hydrogen-bond acceptors (Lipinski definition) is 5. The predicted octanol–water partition coefficient (Wildman–Crippen LogP) is 4.42. The Morgan fingerprint density at radius 1 is 1.10 bits per heavy atom. The van der Waals surface area contributed by atoms with Gasteiger partial charge in [0, 0.05) is 12.2 Å². The van der Waals surface area contributed by atoms with Gasteiger partial charge in [0.15, 0.2) is 5.76 Å². The summed E-state index contributed by atoms with van der Waals surface area (Å²) >= 11 is 0. The van der Waals surface area contributed by atoms with E-state index in [-0.39, 0.29) is 10.9 Å². The lowest BCUT2D eigenvalue weighted by Gasteiger charge is -2.24. The zero-order chi connectivity index (χ0) is 21.5. The van der Waals surface area contributed by atoms with Crippen LogP contribution in [0.15, 0.2) is 45.8 Å². The fourth-order valence-corrected chi connectivity index (χ4v) is 6.35. The molecule has 1 fully saturated rings. The lowest BCUT2D eigenvalue weighted by molar-refractivity contribution is 0.381. The zero-order valence-electron chi connectivity index (χ0n) is 17.8. The van der Waals surface area contributed by atoms with Crippen molar-refractivity contribution < 1.29 is 12.9 Å². The van der Waals surface area contributed by atoms with Gasteiger partial charge in [0.05, 0.1) is 11.7 Å². The standard InChI is InChI=1S/C23H27N3O3S/c1-15-7-5-8-19(11-15)13-20-12-16(2)24-21(14-20)22-9-6-10-26(22)30(27,28)23-17(3)25-29-18(23)4/h5,7-8,11-12,14,22H,6,9-10,13H2,1-4H3. The van der Waals surface area contributed by atoms with Gasteiger partial charge in [-0.05, 0) is 70.2 Å². The number of benzene rings is 1. The number of pyridine rings is 1. The Hall–Kier alpha value is -2.51. The van der Waals surface area contributed by atoms with Crippen LogP contribution in [-0.4, -0.2) is 29.4 Å². The van der Waals surface area contributed by atoms with Gasteiger partial charge in [0.25, 0.3) is 0 Å². The summed E-state index contributed by atoms with van der Waals surface area (Å²) in [5.74, 6) is 0.329. The molecule has 1 unspecified atom stereocenters. The highest BCUT2D eigenvalue weighted by Crippen LogP contribution is 2.37. The molecule has 7 heteroatoms. The molecule has 0 aliphatic carbocycles. The summed E-state index contributed by atoms with van der Waals surface area (Å²) in [6.45, 7) is 7.83. The first-order chi connectivity index (χ1) is 14.3. The molecular weight excluding hydrogens is 398 g/mol. The normalized spacial score (nSPS) is 17.5. The van der Waals surface area contributed by atoms with Crippen molar-refractivity contribution in [1.82, 2.24) is 14.4 Å². The van der Waals surface area contributed by atoms with Crippen molar-refractivity contribution in [3.8, 4) is 0 Å². The summed E-state index contributed by atoms with van der Waals surface area (Å²) in [6, 6.07) is 12.3. The minimum atomic E-state index is -3.71. The van der Waals surface area contributed by atoms with Crippen molar-refractivity contribution >= 4 is 10.0 Å². The van der Waals surface area contributed by atoms with Gasteiger partial charge in [-0.15, -0.1) is 0 Å². The van der Waals surface area contributed by atoms with Gasteiger partial charge in [0.2, 0.25) is 10.0 Å². The van der Waals surface area contributed by atoms with Crippen LogP contribution < -0.4 is 0 Å². The summed E-state index contributed by atoms with van der Waals surface area (Å²) in [5, 5.41) is 3.84. The molecule has 0 N–H and O–H groups in total. The molecular formula is C23H27N3O3S. The molecule has 3 aromatic rings. The highest BCUT2D eigenvalue weighted by molar-refractivity contribution is 7.89. The second-order valence-corrected chi connectivity index (χ2v) is 9.96. The number of nitrogens with zero attached hydrogens (tertiary/aromatic N) is 3. The molecule has 30 heavy (non-hydrogen) atoms. The van der Waals surface area contributed by atoms with E-state index in [1.807, 2.05) is 6.92 Å². The molecule has 6 nitrogen and oxygen atoms in total. The van der Waals surface area contributed by atoms with Gasteiger partial charge in [-0.3, -0.25) is 4.98 Å². The second-order valence-electron chi connectivity index (χ2n) is 8.13. The summed E-state index contributed by atoms with van der Waals surface area (Å²) in [5.41, 5.74) is 5.71. The largest absolute Gasteiger partial charge is 0.360 e. The molecule has 2 aromatic heterocycles. The van der Waals surface area contributed by atoms with Crippen LogP contribution in [0.3, 0.4) is 0 Å². The van der Waals surface area contributed by atoms with Crippen molar-refractivity contribution in [2.75, 3.05) is 6.54 Å². The molecule has 1 saturated heterocycles. The molecule has 0 amide bonds. The average Bonchev–Trinajstić information content (AvgIpc) is 3.29. The minimum Gasteiger partial charge on any atom is -0.360 e. The van der Waals surface area contributed by atoms with E-state index in [0.717, 1.165) is 36.2 Å². The third kappa shape index (κ3) is 3.91. The van der Waals surface area contributed by atoms with Crippen LogP contribution in [0.5, 0.6) is 0 Å². The highest BCUT2D eigenvalue weighted by Gasteiger charge is 2.40.